The molecule has 0 radical (unpaired) electrons. The largest absolute Gasteiger partial charge is 0.352 e. The summed E-state index contributed by atoms with van der Waals surface area (Å²) < 4.78 is 0. The molecule has 4 rings (SSSR count). The molecule has 1 N–H and O–H groups in total. The van der Waals surface area contributed by atoms with E-state index in [9.17, 15) is 9.59 Å². The van der Waals surface area contributed by atoms with Gasteiger partial charge < -0.3 is 14.8 Å². The van der Waals surface area contributed by atoms with Crippen molar-refractivity contribution >= 4 is 22.6 Å². The Balaban J connectivity index is 1.56. The molecular formula is C18H17N5O2. The Morgan fingerprint density at radius 3 is 2.64 bits per heavy atom. The molecule has 0 bridgehead atoms. The lowest BCUT2D eigenvalue weighted by Gasteiger charge is -2.35. The molecule has 3 aromatic rings. The molecule has 25 heavy (non-hydrogen) atoms. The van der Waals surface area contributed by atoms with Gasteiger partial charge in [-0.2, -0.15) is 0 Å². The molecule has 7 nitrogen and oxygen atoms in total. The predicted molar refractivity (Wildman–Crippen MR) is 94.7 cm³/mol. The number of aromatic nitrogens is 3. The molecule has 1 amide bonds. The van der Waals surface area contributed by atoms with Gasteiger partial charge in [0.1, 0.15) is 5.82 Å². The number of H-pyrrole nitrogens is 1. The summed E-state index contributed by atoms with van der Waals surface area (Å²) in [6, 6.07) is 8.75. The van der Waals surface area contributed by atoms with Crippen molar-refractivity contribution in [2.45, 2.75) is 0 Å². The Bertz CT molecular complexity index is 962. The Morgan fingerprint density at radius 1 is 1.08 bits per heavy atom. The van der Waals surface area contributed by atoms with Crippen molar-refractivity contribution in [3.8, 4) is 0 Å². The number of carbonyl (C=O) groups excluding carboxylic acids is 1. The van der Waals surface area contributed by atoms with Gasteiger partial charge in [0.2, 0.25) is 5.56 Å². The minimum Gasteiger partial charge on any atom is -0.352 e. The van der Waals surface area contributed by atoms with Crippen LogP contribution in [0, 0.1) is 0 Å². The van der Waals surface area contributed by atoms with Crippen molar-refractivity contribution in [2.75, 3.05) is 31.1 Å². The summed E-state index contributed by atoms with van der Waals surface area (Å²) in [7, 11) is 0. The lowest BCUT2D eigenvalue weighted by atomic mass is 10.1. The fraction of sp³-hybridized carbons (Fsp3) is 0.222. The van der Waals surface area contributed by atoms with E-state index < -0.39 is 0 Å². The maximum absolute atomic E-state index is 12.9. The quantitative estimate of drug-likeness (QED) is 0.763. The fourth-order valence-corrected chi connectivity index (χ4v) is 3.15. The van der Waals surface area contributed by atoms with E-state index in [1.54, 1.807) is 29.6 Å². The van der Waals surface area contributed by atoms with Crippen LogP contribution >= 0.6 is 0 Å². The minimum atomic E-state index is -0.264. The first-order valence-electron chi connectivity index (χ1n) is 8.15. The van der Waals surface area contributed by atoms with Crippen molar-refractivity contribution in [3.63, 3.8) is 0 Å². The van der Waals surface area contributed by atoms with Crippen LogP contribution in [0.5, 0.6) is 0 Å². The Kier molecular flexibility index (Phi) is 3.89. The number of carbonyl (C=O) groups is 1. The zero-order chi connectivity index (χ0) is 17.2. The number of rotatable bonds is 2. The molecule has 1 aliphatic heterocycles. The number of nitrogens with zero attached hydrogens (tertiary/aromatic N) is 4. The van der Waals surface area contributed by atoms with E-state index in [0.29, 0.717) is 37.3 Å². The van der Waals surface area contributed by atoms with Crippen LogP contribution in [0.3, 0.4) is 0 Å². The number of hydrogen-bond acceptors (Lipinski definition) is 5. The monoisotopic (exact) mass is 335 g/mol. The first-order valence-corrected chi connectivity index (χ1v) is 8.15. The zero-order valence-corrected chi connectivity index (χ0v) is 13.6. The minimum absolute atomic E-state index is 0.110. The second-order valence-corrected chi connectivity index (χ2v) is 5.94. The fourth-order valence-electron chi connectivity index (χ4n) is 3.15. The topological polar surface area (TPSA) is 82.2 Å². The third kappa shape index (κ3) is 2.96. The van der Waals surface area contributed by atoms with Gasteiger partial charge in [-0.3, -0.25) is 14.6 Å². The summed E-state index contributed by atoms with van der Waals surface area (Å²) in [5, 5.41) is 0.767. The van der Waals surface area contributed by atoms with Gasteiger partial charge in [-0.25, -0.2) is 4.98 Å². The van der Waals surface area contributed by atoms with Crippen molar-refractivity contribution in [3.05, 3.63) is 64.8 Å². The van der Waals surface area contributed by atoms with Crippen LogP contribution in [0.15, 0.2) is 53.7 Å². The standard InChI is InChI=1S/C18H17N5O2/c24-17-11-14(13-3-1-2-4-15(13)21-17)18(25)23-9-7-22(8-10-23)16-12-19-5-6-20-16/h1-6,11-12H,7-10H2,(H,21,24). The van der Waals surface area contributed by atoms with E-state index in [1.807, 2.05) is 18.2 Å². The average Bonchev–Trinajstić information content (AvgIpc) is 2.67. The normalized spacial score (nSPS) is 14.7. The molecule has 7 heteroatoms. The number of para-hydroxylation sites is 1. The highest BCUT2D eigenvalue weighted by molar-refractivity contribution is 6.06. The van der Waals surface area contributed by atoms with Gasteiger partial charge in [0.15, 0.2) is 0 Å². The number of nitrogens with one attached hydrogen (secondary N) is 1. The maximum Gasteiger partial charge on any atom is 0.254 e. The Morgan fingerprint density at radius 2 is 1.88 bits per heavy atom. The number of anilines is 1. The van der Waals surface area contributed by atoms with Crippen LogP contribution < -0.4 is 10.5 Å². The number of pyridine rings is 1. The Hall–Kier alpha value is -3.22. The highest BCUT2D eigenvalue weighted by Gasteiger charge is 2.24. The van der Waals surface area contributed by atoms with Crippen molar-refractivity contribution < 1.29 is 4.79 Å². The molecular weight excluding hydrogens is 318 g/mol. The number of amides is 1. The number of hydrogen-bond donors (Lipinski definition) is 1. The van der Waals surface area contributed by atoms with E-state index in [2.05, 4.69) is 19.9 Å². The maximum atomic E-state index is 12.9. The Labute approximate surface area is 143 Å². The molecule has 126 valence electrons. The number of piperazine rings is 1. The molecule has 0 unspecified atom stereocenters. The van der Waals surface area contributed by atoms with E-state index in [4.69, 9.17) is 0 Å². The number of benzene rings is 1. The predicted octanol–water partition coefficient (Wildman–Crippen LogP) is 1.28. The van der Waals surface area contributed by atoms with Gasteiger partial charge in [0.05, 0.1) is 11.8 Å². The molecule has 1 aliphatic rings. The molecule has 1 aromatic carbocycles. The zero-order valence-electron chi connectivity index (χ0n) is 13.6. The van der Waals surface area contributed by atoms with Gasteiger partial charge in [-0.05, 0) is 6.07 Å². The van der Waals surface area contributed by atoms with Crippen LogP contribution in [-0.2, 0) is 0 Å². The van der Waals surface area contributed by atoms with Crippen LogP contribution in [-0.4, -0.2) is 51.9 Å². The third-order valence-corrected chi connectivity index (χ3v) is 4.42. The SMILES string of the molecule is O=C(c1cc(=O)[nH]c2ccccc12)N1CCN(c2cnccn2)CC1. The second-order valence-electron chi connectivity index (χ2n) is 5.94. The molecule has 3 heterocycles. The van der Waals surface area contributed by atoms with Crippen LogP contribution in [0.4, 0.5) is 5.82 Å². The summed E-state index contributed by atoms with van der Waals surface area (Å²) in [4.78, 5) is 39.9. The molecule has 0 saturated carbocycles. The molecule has 0 aliphatic carbocycles. The van der Waals surface area contributed by atoms with Gasteiger partial charge in [-0.1, -0.05) is 18.2 Å². The molecule has 2 aromatic heterocycles. The highest BCUT2D eigenvalue weighted by atomic mass is 16.2. The smallest absolute Gasteiger partial charge is 0.254 e. The van der Waals surface area contributed by atoms with Crippen LogP contribution in [0.2, 0.25) is 0 Å². The average molecular weight is 335 g/mol. The van der Waals surface area contributed by atoms with E-state index >= 15 is 0 Å². The summed E-state index contributed by atoms with van der Waals surface area (Å²) in [5.74, 6) is 0.706. The van der Waals surface area contributed by atoms with E-state index in [1.165, 1.54) is 6.07 Å². The van der Waals surface area contributed by atoms with E-state index in [0.717, 1.165) is 11.2 Å². The summed E-state index contributed by atoms with van der Waals surface area (Å²) in [5.41, 5.74) is 0.865. The van der Waals surface area contributed by atoms with Crippen molar-refractivity contribution in [1.82, 2.24) is 19.9 Å². The van der Waals surface area contributed by atoms with Gasteiger partial charge in [0, 0.05) is 55.5 Å². The lowest BCUT2D eigenvalue weighted by Crippen LogP contribution is -2.49. The highest BCUT2D eigenvalue weighted by Crippen LogP contribution is 2.18. The van der Waals surface area contributed by atoms with E-state index in [-0.39, 0.29) is 11.5 Å². The number of fused-ring (bicyclic) bond motifs is 1. The van der Waals surface area contributed by atoms with Crippen molar-refractivity contribution in [1.29, 1.82) is 0 Å². The summed E-state index contributed by atoms with van der Waals surface area (Å²) >= 11 is 0. The second kappa shape index (κ2) is 6.35. The number of aromatic amines is 1. The molecule has 0 spiro atoms. The van der Waals surface area contributed by atoms with Gasteiger partial charge >= 0.3 is 0 Å². The first kappa shape index (κ1) is 15.3. The van der Waals surface area contributed by atoms with Gasteiger partial charge in [-0.15, -0.1) is 0 Å². The molecule has 1 saturated heterocycles. The molecule has 0 atom stereocenters. The van der Waals surface area contributed by atoms with Crippen LogP contribution in [0.25, 0.3) is 10.9 Å². The summed E-state index contributed by atoms with van der Waals surface area (Å²) in [6.07, 6.45) is 5.03. The first-order chi connectivity index (χ1) is 12.2. The lowest BCUT2D eigenvalue weighted by molar-refractivity contribution is 0.0748. The summed E-state index contributed by atoms with van der Waals surface area (Å²) in [6.45, 7) is 2.53. The van der Waals surface area contributed by atoms with Crippen LogP contribution in [0.1, 0.15) is 10.4 Å². The van der Waals surface area contributed by atoms with Gasteiger partial charge in [0.25, 0.3) is 5.91 Å². The third-order valence-electron chi connectivity index (χ3n) is 4.42. The van der Waals surface area contributed by atoms with Crippen molar-refractivity contribution in [2.24, 2.45) is 0 Å². The molecule has 1 fully saturated rings.